The predicted molar refractivity (Wildman–Crippen MR) is 118 cm³/mol. The first kappa shape index (κ1) is 21.5. The van der Waals surface area contributed by atoms with Gasteiger partial charge < -0.3 is 10.2 Å². The van der Waals surface area contributed by atoms with Crippen LogP contribution >= 0.6 is 11.6 Å². The molecule has 1 N–H and O–H groups in total. The Morgan fingerprint density at radius 3 is 2.76 bits per heavy atom. The number of carbonyl (C=O) groups excluding carboxylic acids is 1. The lowest BCUT2D eigenvalue weighted by molar-refractivity contribution is -0.119. The summed E-state index contributed by atoms with van der Waals surface area (Å²) in [6, 6.07) is 13.4. The van der Waals surface area contributed by atoms with Crippen molar-refractivity contribution >= 4 is 38.9 Å². The number of para-hydroxylation sites is 1. The highest BCUT2D eigenvalue weighted by atomic mass is 35.5. The predicted octanol–water partition coefficient (Wildman–Crippen LogP) is 2.98. The van der Waals surface area contributed by atoms with E-state index < -0.39 is 10.0 Å². The smallest absolute Gasteiger partial charge is 0.240 e. The summed E-state index contributed by atoms with van der Waals surface area (Å²) in [7, 11) is -3.62. The molecule has 0 atom stereocenters. The second-order valence-electron chi connectivity index (χ2n) is 7.27. The van der Waals surface area contributed by atoms with Gasteiger partial charge in [0.05, 0.1) is 11.9 Å². The molecule has 3 rings (SSSR count). The number of sulfonamides is 1. The zero-order valence-corrected chi connectivity index (χ0v) is 18.3. The Labute approximate surface area is 177 Å². The molecule has 8 heteroatoms. The molecule has 156 valence electrons. The lowest BCUT2D eigenvalue weighted by atomic mass is 10.2. The zero-order chi connectivity index (χ0) is 21.0. The summed E-state index contributed by atoms with van der Waals surface area (Å²) in [5, 5.41) is 3.25. The van der Waals surface area contributed by atoms with Crippen molar-refractivity contribution < 1.29 is 13.2 Å². The summed E-state index contributed by atoms with van der Waals surface area (Å²) in [5.41, 5.74) is 3.78. The van der Waals surface area contributed by atoms with Crippen LogP contribution in [0.15, 0.2) is 42.5 Å². The van der Waals surface area contributed by atoms with Gasteiger partial charge in [0.1, 0.15) is 6.54 Å². The van der Waals surface area contributed by atoms with Crippen molar-refractivity contribution in [3.63, 3.8) is 0 Å². The van der Waals surface area contributed by atoms with E-state index in [2.05, 4.69) is 28.4 Å². The van der Waals surface area contributed by atoms with Gasteiger partial charge in [-0.05, 0) is 49.1 Å². The summed E-state index contributed by atoms with van der Waals surface area (Å²) < 4.78 is 25.6. The van der Waals surface area contributed by atoms with E-state index in [9.17, 15) is 13.2 Å². The largest absolute Gasteiger partial charge is 0.371 e. The first-order valence-corrected chi connectivity index (χ1v) is 11.8. The number of nitrogens with zero attached hydrogens (tertiary/aromatic N) is 2. The van der Waals surface area contributed by atoms with E-state index in [1.54, 1.807) is 25.1 Å². The van der Waals surface area contributed by atoms with Crippen molar-refractivity contribution in [2.75, 3.05) is 41.6 Å². The molecule has 1 aliphatic rings. The Morgan fingerprint density at radius 2 is 2.00 bits per heavy atom. The molecule has 0 saturated carbocycles. The number of aryl methyl sites for hydroxylation is 1. The molecule has 2 aromatic rings. The number of nitrogens with one attached hydrogen (secondary N) is 1. The first-order valence-electron chi connectivity index (χ1n) is 9.59. The molecule has 1 heterocycles. The number of amides is 1. The second-order valence-corrected chi connectivity index (χ2v) is 9.61. The molecule has 6 nitrogen and oxygen atoms in total. The van der Waals surface area contributed by atoms with Crippen LogP contribution in [0.3, 0.4) is 0 Å². The molecule has 1 amide bonds. The van der Waals surface area contributed by atoms with Gasteiger partial charge in [-0.3, -0.25) is 9.10 Å². The van der Waals surface area contributed by atoms with Crippen molar-refractivity contribution in [3.05, 3.63) is 58.6 Å². The van der Waals surface area contributed by atoms with Crippen LogP contribution in [-0.2, 0) is 21.2 Å². The number of fused-ring (bicyclic) bond motifs is 1. The van der Waals surface area contributed by atoms with Gasteiger partial charge >= 0.3 is 0 Å². The van der Waals surface area contributed by atoms with Crippen LogP contribution in [0.2, 0.25) is 5.02 Å². The summed E-state index contributed by atoms with van der Waals surface area (Å²) in [6.45, 7) is 3.84. The minimum atomic E-state index is -3.62. The maximum absolute atomic E-state index is 12.4. The SMILES string of the molecule is Cc1ccc(Cl)cc1N(CC(=O)NCCCN1CCc2ccccc21)S(C)(=O)=O. The zero-order valence-electron chi connectivity index (χ0n) is 16.7. The maximum Gasteiger partial charge on any atom is 0.240 e. The second kappa shape index (κ2) is 9.05. The lowest BCUT2D eigenvalue weighted by Crippen LogP contribution is -2.41. The average Bonchev–Trinajstić information content (AvgIpc) is 3.08. The van der Waals surface area contributed by atoms with Gasteiger partial charge in [-0.25, -0.2) is 8.42 Å². The average molecular weight is 436 g/mol. The van der Waals surface area contributed by atoms with E-state index in [0.29, 0.717) is 17.3 Å². The fraction of sp³-hybridized carbons (Fsp3) is 0.381. The fourth-order valence-electron chi connectivity index (χ4n) is 3.56. The summed E-state index contributed by atoms with van der Waals surface area (Å²) in [4.78, 5) is 14.7. The third kappa shape index (κ3) is 5.42. The molecule has 1 aliphatic heterocycles. The number of rotatable bonds is 8. The van der Waals surface area contributed by atoms with Gasteiger partial charge in [-0.15, -0.1) is 0 Å². The molecule has 0 radical (unpaired) electrons. The van der Waals surface area contributed by atoms with Crippen LogP contribution in [0.4, 0.5) is 11.4 Å². The number of hydrogen-bond acceptors (Lipinski definition) is 4. The fourth-order valence-corrected chi connectivity index (χ4v) is 4.63. The van der Waals surface area contributed by atoms with Gasteiger partial charge in [0.2, 0.25) is 15.9 Å². The molecular weight excluding hydrogens is 410 g/mol. The molecular formula is C21H26ClN3O3S. The quantitative estimate of drug-likeness (QED) is 0.647. The van der Waals surface area contributed by atoms with Crippen LogP contribution in [0.5, 0.6) is 0 Å². The Kier molecular flexibility index (Phi) is 6.70. The third-order valence-corrected chi connectivity index (χ3v) is 6.40. The Hall–Kier alpha value is -2.25. The van der Waals surface area contributed by atoms with E-state index in [0.717, 1.165) is 42.1 Å². The van der Waals surface area contributed by atoms with Crippen LogP contribution in [-0.4, -0.2) is 46.8 Å². The number of hydrogen-bond donors (Lipinski definition) is 1. The van der Waals surface area contributed by atoms with Crippen LogP contribution in [0.25, 0.3) is 0 Å². The van der Waals surface area contributed by atoms with Crippen LogP contribution in [0, 0.1) is 6.92 Å². The maximum atomic E-state index is 12.4. The van der Waals surface area contributed by atoms with E-state index in [1.807, 2.05) is 6.07 Å². The minimum absolute atomic E-state index is 0.271. The first-order chi connectivity index (χ1) is 13.8. The van der Waals surface area contributed by atoms with Crippen molar-refractivity contribution in [3.8, 4) is 0 Å². The molecule has 0 unspecified atom stereocenters. The molecule has 0 bridgehead atoms. The molecule has 0 fully saturated rings. The van der Waals surface area contributed by atoms with Crippen molar-refractivity contribution in [2.24, 2.45) is 0 Å². The summed E-state index contributed by atoms with van der Waals surface area (Å²) in [6.07, 6.45) is 2.92. The molecule has 0 aromatic heterocycles. The molecule has 0 saturated heterocycles. The lowest BCUT2D eigenvalue weighted by Gasteiger charge is -2.24. The molecule has 2 aromatic carbocycles. The number of anilines is 2. The third-order valence-electron chi connectivity index (χ3n) is 5.04. The van der Waals surface area contributed by atoms with Crippen LogP contribution < -0.4 is 14.5 Å². The number of carbonyl (C=O) groups is 1. The van der Waals surface area contributed by atoms with E-state index in [4.69, 9.17) is 11.6 Å². The Balaban J connectivity index is 1.54. The van der Waals surface area contributed by atoms with Gasteiger partial charge in [-0.1, -0.05) is 35.9 Å². The Morgan fingerprint density at radius 1 is 1.24 bits per heavy atom. The summed E-state index contributed by atoms with van der Waals surface area (Å²) >= 11 is 6.02. The number of benzene rings is 2. The van der Waals surface area contributed by atoms with Crippen molar-refractivity contribution in [1.82, 2.24) is 5.32 Å². The van der Waals surface area contributed by atoms with Gasteiger partial charge in [0.15, 0.2) is 0 Å². The highest BCUT2D eigenvalue weighted by molar-refractivity contribution is 7.92. The van der Waals surface area contributed by atoms with Gasteiger partial charge in [-0.2, -0.15) is 0 Å². The normalized spacial score (nSPS) is 13.3. The van der Waals surface area contributed by atoms with Gasteiger partial charge in [0.25, 0.3) is 0 Å². The van der Waals surface area contributed by atoms with Gasteiger partial charge in [0, 0.05) is 30.3 Å². The van der Waals surface area contributed by atoms with E-state index in [-0.39, 0.29) is 12.5 Å². The van der Waals surface area contributed by atoms with Crippen LogP contribution in [0.1, 0.15) is 17.5 Å². The Bertz CT molecular complexity index is 994. The monoisotopic (exact) mass is 435 g/mol. The molecule has 29 heavy (non-hydrogen) atoms. The molecule has 0 aliphatic carbocycles. The standard InChI is InChI=1S/C21H26ClN3O3S/c1-16-8-9-18(22)14-20(16)25(29(2,27)28)15-21(26)23-11-5-12-24-13-10-17-6-3-4-7-19(17)24/h3-4,6-9,14H,5,10-13,15H2,1-2H3,(H,23,26). The van der Waals surface area contributed by atoms with Crippen molar-refractivity contribution in [2.45, 2.75) is 19.8 Å². The van der Waals surface area contributed by atoms with E-state index >= 15 is 0 Å². The highest BCUT2D eigenvalue weighted by Crippen LogP contribution is 2.27. The topological polar surface area (TPSA) is 69.7 Å². The highest BCUT2D eigenvalue weighted by Gasteiger charge is 2.23. The van der Waals surface area contributed by atoms with E-state index in [1.165, 1.54) is 11.3 Å². The summed E-state index contributed by atoms with van der Waals surface area (Å²) in [5.74, 6) is -0.336. The van der Waals surface area contributed by atoms with Crippen molar-refractivity contribution in [1.29, 1.82) is 0 Å². The molecule has 0 spiro atoms. The number of halogens is 1. The minimum Gasteiger partial charge on any atom is -0.371 e.